The minimum Gasteiger partial charge on any atom is -0.466 e. The van der Waals surface area contributed by atoms with Gasteiger partial charge in [0.2, 0.25) is 0 Å². The number of carbonyl (C=O) groups is 1. The molecular weight excluding hydrogens is 178 g/mol. The van der Waals surface area contributed by atoms with Crippen molar-refractivity contribution in [3.05, 3.63) is 41.5 Å². The molecule has 14 heavy (non-hydrogen) atoms. The van der Waals surface area contributed by atoms with Crippen LogP contribution in [0.5, 0.6) is 0 Å². The maximum Gasteiger partial charge on any atom is 0.332 e. The first-order chi connectivity index (χ1) is 6.63. The first kappa shape index (κ1) is 10.3. The molecule has 74 valence electrons. The average molecular weight is 191 g/mol. The van der Waals surface area contributed by atoms with Gasteiger partial charge in [-0.2, -0.15) is 0 Å². The molecule has 1 aromatic rings. The highest BCUT2D eigenvalue weighted by Gasteiger charge is 2.00. The molecule has 0 bridgehead atoms. The summed E-state index contributed by atoms with van der Waals surface area (Å²) in [6, 6.07) is 7.62. The van der Waals surface area contributed by atoms with E-state index in [4.69, 9.17) is 5.73 Å². The lowest BCUT2D eigenvalue weighted by molar-refractivity contribution is -0.134. The number of benzene rings is 1. The number of carbonyl (C=O) groups excluding carboxylic acids is 1. The molecule has 0 aliphatic rings. The van der Waals surface area contributed by atoms with Crippen LogP contribution in [-0.2, 0) is 9.53 Å². The summed E-state index contributed by atoms with van der Waals surface area (Å²) in [6.45, 7) is 1.97. The molecule has 0 aliphatic heterocycles. The predicted octanol–water partition coefficient (Wildman–Crippen LogP) is 1.47. The molecule has 2 N–H and O–H groups in total. The Kier molecular flexibility index (Phi) is 3.29. The highest BCUT2D eigenvalue weighted by atomic mass is 16.5. The van der Waals surface area contributed by atoms with Gasteiger partial charge in [0.25, 0.3) is 0 Å². The number of esters is 1. The second-order valence-corrected chi connectivity index (χ2v) is 2.99. The molecule has 0 unspecified atom stereocenters. The largest absolute Gasteiger partial charge is 0.466 e. The third-order valence-corrected chi connectivity index (χ3v) is 1.83. The van der Waals surface area contributed by atoms with Crippen molar-refractivity contribution >= 4 is 11.7 Å². The van der Waals surface area contributed by atoms with E-state index in [1.165, 1.54) is 13.2 Å². The third kappa shape index (κ3) is 2.62. The van der Waals surface area contributed by atoms with Gasteiger partial charge in [-0.05, 0) is 18.6 Å². The van der Waals surface area contributed by atoms with Crippen LogP contribution in [0.2, 0.25) is 0 Å². The van der Waals surface area contributed by atoms with Crippen molar-refractivity contribution in [3.63, 3.8) is 0 Å². The first-order valence-corrected chi connectivity index (χ1v) is 4.25. The lowest BCUT2D eigenvalue weighted by Crippen LogP contribution is -2.03. The fraction of sp³-hybridized carbons (Fsp3) is 0.182. The lowest BCUT2D eigenvalue weighted by Gasteiger charge is -2.02. The maximum absolute atomic E-state index is 10.9. The van der Waals surface area contributed by atoms with Crippen molar-refractivity contribution in [2.24, 2.45) is 5.73 Å². The molecule has 0 saturated heterocycles. The highest BCUT2D eigenvalue weighted by Crippen LogP contribution is 2.10. The number of hydrogen-bond acceptors (Lipinski definition) is 3. The monoisotopic (exact) mass is 191 g/mol. The Bertz CT molecular complexity index is 369. The zero-order chi connectivity index (χ0) is 10.6. The Balaban J connectivity index is 2.94. The quantitative estimate of drug-likeness (QED) is 0.569. The molecule has 0 radical (unpaired) electrons. The fourth-order valence-corrected chi connectivity index (χ4v) is 1.09. The summed E-state index contributed by atoms with van der Waals surface area (Å²) in [5, 5.41) is 0. The number of hydrogen-bond donors (Lipinski definition) is 1. The summed E-state index contributed by atoms with van der Waals surface area (Å²) in [4.78, 5) is 10.9. The van der Waals surface area contributed by atoms with Gasteiger partial charge < -0.3 is 10.5 Å². The van der Waals surface area contributed by atoms with Crippen LogP contribution in [0.15, 0.2) is 30.3 Å². The molecule has 0 spiro atoms. The normalized spacial score (nSPS) is 11.1. The molecule has 0 heterocycles. The molecule has 0 atom stereocenters. The van der Waals surface area contributed by atoms with E-state index in [-0.39, 0.29) is 0 Å². The summed E-state index contributed by atoms with van der Waals surface area (Å²) >= 11 is 0. The topological polar surface area (TPSA) is 52.3 Å². The van der Waals surface area contributed by atoms with Crippen molar-refractivity contribution in [1.29, 1.82) is 0 Å². The van der Waals surface area contributed by atoms with E-state index in [1.54, 1.807) is 0 Å². The van der Waals surface area contributed by atoms with Crippen LogP contribution in [0, 0.1) is 6.92 Å². The van der Waals surface area contributed by atoms with Gasteiger partial charge in [0, 0.05) is 11.8 Å². The van der Waals surface area contributed by atoms with Gasteiger partial charge in [-0.3, -0.25) is 0 Å². The van der Waals surface area contributed by atoms with Crippen molar-refractivity contribution in [3.8, 4) is 0 Å². The second-order valence-electron chi connectivity index (χ2n) is 2.99. The first-order valence-electron chi connectivity index (χ1n) is 4.25. The summed E-state index contributed by atoms with van der Waals surface area (Å²) in [5.41, 5.74) is 8.05. The molecular formula is C11H13NO2. The van der Waals surface area contributed by atoms with Crippen LogP contribution < -0.4 is 5.73 Å². The molecule has 0 aromatic heterocycles. The number of nitrogens with two attached hydrogens (primary N) is 1. The van der Waals surface area contributed by atoms with Gasteiger partial charge in [0.1, 0.15) is 0 Å². The van der Waals surface area contributed by atoms with Crippen LogP contribution in [0.1, 0.15) is 11.1 Å². The van der Waals surface area contributed by atoms with Gasteiger partial charge in [0.05, 0.1) is 7.11 Å². The van der Waals surface area contributed by atoms with Crippen LogP contribution in [0.25, 0.3) is 5.70 Å². The Hall–Kier alpha value is -1.77. The molecule has 3 heteroatoms. The summed E-state index contributed by atoms with van der Waals surface area (Å²) in [7, 11) is 1.32. The molecule has 1 rings (SSSR count). The Morgan fingerprint density at radius 2 is 2.21 bits per heavy atom. The molecule has 0 aliphatic carbocycles. The van der Waals surface area contributed by atoms with E-state index >= 15 is 0 Å². The van der Waals surface area contributed by atoms with Crippen LogP contribution >= 0.6 is 0 Å². The van der Waals surface area contributed by atoms with Gasteiger partial charge in [-0.25, -0.2) is 4.79 Å². The summed E-state index contributed by atoms with van der Waals surface area (Å²) < 4.78 is 4.48. The van der Waals surface area contributed by atoms with Crippen LogP contribution in [0.3, 0.4) is 0 Å². The van der Waals surface area contributed by atoms with E-state index in [0.717, 1.165) is 11.1 Å². The van der Waals surface area contributed by atoms with Gasteiger partial charge in [0.15, 0.2) is 0 Å². The van der Waals surface area contributed by atoms with E-state index in [2.05, 4.69) is 4.74 Å². The van der Waals surface area contributed by atoms with E-state index in [0.29, 0.717) is 5.70 Å². The van der Waals surface area contributed by atoms with Gasteiger partial charge in [-0.15, -0.1) is 0 Å². The zero-order valence-corrected chi connectivity index (χ0v) is 8.28. The number of rotatable bonds is 2. The summed E-state index contributed by atoms with van der Waals surface area (Å²) in [5.74, 6) is -0.441. The smallest absolute Gasteiger partial charge is 0.332 e. The Labute approximate surface area is 83.2 Å². The Morgan fingerprint density at radius 3 is 2.79 bits per heavy atom. The van der Waals surface area contributed by atoms with E-state index in [9.17, 15) is 4.79 Å². The molecule has 3 nitrogen and oxygen atoms in total. The molecule has 0 fully saturated rings. The Morgan fingerprint density at radius 1 is 1.50 bits per heavy atom. The second kappa shape index (κ2) is 4.46. The van der Waals surface area contributed by atoms with Crippen LogP contribution in [-0.4, -0.2) is 13.1 Å². The van der Waals surface area contributed by atoms with E-state index in [1.807, 2.05) is 31.2 Å². The van der Waals surface area contributed by atoms with Crippen molar-refractivity contribution < 1.29 is 9.53 Å². The van der Waals surface area contributed by atoms with Crippen molar-refractivity contribution in [1.82, 2.24) is 0 Å². The van der Waals surface area contributed by atoms with Crippen molar-refractivity contribution in [2.75, 3.05) is 7.11 Å². The van der Waals surface area contributed by atoms with Gasteiger partial charge >= 0.3 is 5.97 Å². The standard InChI is InChI=1S/C11H13NO2/c1-8-4-3-5-9(6-8)10(12)7-11(13)14-2/h3-7H,12H2,1-2H3/b10-7+. The SMILES string of the molecule is COC(=O)/C=C(/N)c1cccc(C)c1. The summed E-state index contributed by atoms with van der Waals surface area (Å²) in [6.07, 6.45) is 1.27. The highest BCUT2D eigenvalue weighted by molar-refractivity contribution is 5.90. The lowest BCUT2D eigenvalue weighted by atomic mass is 10.1. The fourth-order valence-electron chi connectivity index (χ4n) is 1.09. The average Bonchev–Trinajstić information content (AvgIpc) is 2.17. The van der Waals surface area contributed by atoms with Crippen LogP contribution in [0.4, 0.5) is 0 Å². The maximum atomic E-state index is 10.9. The number of methoxy groups -OCH3 is 1. The number of ether oxygens (including phenoxy) is 1. The molecule has 0 amide bonds. The molecule has 0 saturated carbocycles. The minimum atomic E-state index is -0.441. The number of aryl methyl sites for hydroxylation is 1. The van der Waals surface area contributed by atoms with E-state index < -0.39 is 5.97 Å². The zero-order valence-electron chi connectivity index (χ0n) is 8.28. The third-order valence-electron chi connectivity index (χ3n) is 1.83. The van der Waals surface area contributed by atoms with Crippen molar-refractivity contribution in [2.45, 2.75) is 6.92 Å². The minimum absolute atomic E-state index is 0.417. The predicted molar refractivity (Wildman–Crippen MR) is 55.4 cm³/mol. The van der Waals surface area contributed by atoms with Gasteiger partial charge in [-0.1, -0.05) is 23.8 Å². The molecule has 1 aromatic carbocycles.